The van der Waals surface area contributed by atoms with Gasteiger partial charge in [-0.15, -0.1) is 12.4 Å². The van der Waals surface area contributed by atoms with Crippen LogP contribution in [0.5, 0.6) is 5.75 Å². The van der Waals surface area contributed by atoms with Crippen LogP contribution in [0.25, 0.3) is 0 Å². The van der Waals surface area contributed by atoms with Crippen molar-refractivity contribution in [1.29, 1.82) is 0 Å². The summed E-state index contributed by atoms with van der Waals surface area (Å²) in [6.45, 7) is 1.89. The lowest BCUT2D eigenvalue weighted by Gasteiger charge is -2.10. The van der Waals surface area contributed by atoms with Gasteiger partial charge in [0.05, 0.1) is 18.9 Å². The van der Waals surface area contributed by atoms with E-state index < -0.39 is 0 Å². The normalized spacial score (nSPS) is 16.9. The highest BCUT2D eigenvalue weighted by Gasteiger charge is 2.22. The first kappa shape index (κ1) is 17.3. The minimum atomic E-state index is -0.390. The summed E-state index contributed by atoms with van der Waals surface area (Å²) in [7, 11) is 0. The second kappa shape index (κ2) is 8.49. The number of amides is 2. The Bertz CT molecular complexity index is 473. The summed E-state index contributed by atoms with van der Waals surface area (Å²) in [6.07, 6.45) is 1.06. The molecule has 0 spiro atoms. The number of nitrogens with two attached hydrogens (primary N) is 1. The fraction of sp³-hybridized carbons (Fsp3) is 0.429. The molecule has 2 rings (SSSR count). The van der Waals surface area contributed by atoms with Gasteiger partial charge in [0.1, 0.15) is 5.75 Å². The topological polar surface area (TPSA) is 93.5 Å². The Labute approximate surface area is 129 Å². The number of benzene rings is 1. The average Bonchev–Trinajstić information content (AvgIpc) is 2.94. The smallest absolute Gasteiger partial charge is 0.228 e. The number of hydrogen-bond acceptors (Lipinski definition) is 4. The molecule has 1 aromatic carbocycles. The Balaban J connectivity index is 0.00000220. The van der Waals surface area contributed by atoms with Gasteiger partial charge in [0.2, 0.25) is 11.8 Å². The predicted molar refractivity (Wildman–Crippen MR) is 82.6 cm³/mol. The molecule has 1 aromatic rings. The zero-order valence-electron chi connectivity index (χ0n) is 11.6. The lowest BCUT2D eigenvalue weighted by atomic mass is 10.1. The first-order chi connectivity index (χ1) is 9.65. The highest BCUT2D eigenvalue weighted by atomic mass is 35.5. The maximum Gasteiger partial charge on any atom is 0.228 e. The molecule has 0 aromatic heterocycles. The summed E-state index contributed by atoms with van der Waals surface area (Å²) in [4.78, 5) is 22.5. The van der Waals surface area contributed by atoms with Gasteiger partial charge < -0.3 is 21.1 Å². The van der Waals surface area contributed by atoms with Crippen molar-refractivity contribution in [2.24, 2.45) is 11.7 Å². The van der Waals surface area contributed by atoms with E-state index in [0.717, 1.165) is 25.2 Å². The maximum absolute atomic E-state index is 11.9. The Morgan fingerprint density at radius 3 is 2.62 bits per heavy atom. The van der Waals surface area contributed by atoms with E-state index in [0.29, 0.717) is 5.75 Å². The number of nitrogens with one attached hydrogen (secondary N) is 2. The Hall–Kier alpha value is -1.79. The number of anilines is 1. The molecule has 0 radical (unpaired) electrons. The largest absolute Gasteiger partial charge is 0.493 e. The predicted octanol–water partition coefficient (Wildman–Crippen LogP) is 0.911. The SMILES string of the molecule is Cl.NC(=O)CCOc1ccc(NC(=O)C2CCNC2)cc1. The molecule has 2 amide bonds. The van der Waals surface area contributed by atoms with Gasteiger partial charge in [-0.1, -0.05) is 0 Å². The maximum atomic E-state index is 11.9. The number of carbonyl (C=O) groups is 2. The minimum Gasteiger partial charge on any atom is -0.493 e. The molecule has 1 saturated heterocycles. The molecule has 4 N–H and O–H groups in total. The van der Waals surface area contributed by atoms with E-state index in [9.17, 15) is 9.59 Å². The number of hydrogen-bond donors (Lipinski definition) is 3. The summed E-state index contributed by atoms with van der Waals surface area (Å²) in [5.74, 6) is 0.338. The van der Waals surface area contributed by atoms with E-state index >= 15 is 0 Å². The summed E-state index contributed by atoms with van der Waals surface area (Å²) in [5, 5.41) is 6.04. The molecule has 1 aliphatic rings. The van der Waals surface area contributed by atoms with Gasteiger partial charge in [-0.25, -0.2) is 0 Å². The standard InChI is InChI=1S/C14H19N3O3.ClH/c15-13(18)6-8-20-12-3-1-11(2-4-12)17-14(19)10-5-7-16-9-10;/h1-4,10,16H,5-9H2,(H2,15,18)(H,17,19);1H. The van der Waals surface area contributed by atoms with Gasteiger partial charge in [0.15, 0.2) is 0 Å². The summed E-state index contributed by atoms with van der Waals surface area (Å²) < 4.78 is 5.35. The van der Waals surface area contributed by atoms with Gasteiger partial charge in [-0.05, 0) is 37.2 Å². The number of carbonyl (C=O) groups excluding carboxylic acids is 2. The third-order valence-electron chi connectivity index (χ3n) is 3.17. The molecule has 116 valence electrons. The zero-order chi connectivity index (χ0) is 14.4. The van der Waals surface area contributed by atoms with Gasteiger partial charge in [0, 0.05) is 12.2 Å². The van der Waals surface area contributed by atoms with Gasteiger partial charge in [-0.2, -0.15) is 0 Å². The molecule has 0 saturated carbocycles. The van der Waals surface area contributed by atoms with Crippen molar-refractivity contribution in [2.75, 3.05) is 25.0 Å². The Morgan fingerprint density at radius 2 is 2.05 bits per heavy atom. The van der Waals surface area contributed by atoms with Crippen molar-refractivity contribution in [2.45, 2.75) is 12.8 Å². The number of rotatable bonds is 6. The molecule has 1 unspecified atom stereocenters. The molecule has 1 fully saturated rings. The molecular formula is C14H20ClN3O3. The van der Waals surface area contributed by atoms with E-state index in [2.05, 4.69) is 10.6 Å². The van der Waals surface area contributed by atoms with Crippen molar-refractivity contribution in [1.82, 2.24) is 5.32 Å². The van der Waals surface area contributed by atoms with E-state index in [1.54, 1.807) is 24.3 Å². The Kier molecular flexibility index (Phi) is 6.98. The van der Waals surface area contributed by atoms with Crippen LogP contribution in [0.1, 0.15) is 12.8 Å². The fourth-order valence-corrected chi connectivity index (χ4v) is 2.03. The van der Waals surface area contributed by atoms with Crippen LogP contribution >= 0.6 is 12.4 Å². The van der Waals surface area contributed by atoms with Crippen molar-refractivity contribution < 1.29 is 14.3 Å². The van der Waals surface area contributed by atoms with E-state index in [-0.39, 0.29) is 43.2 Å². The van der Waals surface area contributed by atoms with E-state index in [4.69, 9.17) is 10.5 Å². The van der Waals surface area contributed by atoms with Crippen LogP contribution in [0.3, 0.4) is 0 Å². The second-order valence-corrected chi connectivity index (χ2v) is 4.77. The van der Waals surface area contributed by atoms with Crippen molar-refractivity contribution in [3.63, 3.8) is 0 Å². The van der Waals surface area contributed by atoms with Gasteiger partial charge in [-0.3, -0.25) is 9.59 Å². The second-order valence-electron chi connectivity index (χ2n) is 4.77. The van der Waals surface area contributed by atoms with Crippen LogP contribution in [0.15, 0.2) is 24.3 Å². The van der Waals surface area contributed by atoms with E-state index in [1.807, 2.05) is 0 Å². The van der Waals surface area contributed by atoms with Crippen LogP contribution in [0, 0.1) is 5.92 Å². The molecular weight excluding hydrogens is 294 g/mol. The lowest BCUT2D eigenvalue weighted by molar-refractivity contribution is -0.119. The number of primary amides is 1. The monoisotopic (exact) mass is 313 g/mol. The first-order valence-corrected chi connectivity index (χ1v) is 6.68. The lowest BCUT2D eigenvalue weighted by Crippen LogP contribution is -2.24. The van der Waals surface area contributed by atoms with Gasteiger partial charge >= 0.3 is 0 Å². The molecule has 1 aliphatic heterocycles. The van der Waals surface area contributed by atoms with Crippen molar-refractivity contribution in [3.05, 3.63) is 24.3 Å². The van der Waals surface area contributed by atoms with Crippen molar-refractivity contribution in [3.8, 4) is 5.75 Å². The molecule has 21 heavy (non-hydrogen) atoms. The van der Waals surface area contributed by atoms with Crippen molar-refractivity contribution >= 4 is 29.9 Å². The minimum absolute atomic E-state index is 0. The molecule has 1 atom stereocenters. The van der Waals surface area contributed by atoms with Crippen LogP contribution in [-0.4, -0.2) is 31.5 Å². The van der Waals surface area contributed by atoms with Crippen LogP contribution in [0.4, 0.5) is 5.69 Å². The zero-order valence-corrected chi connectivity index (χ0v) is 12.4. The summed E-state index contributed by atoms with van der Waals surface area (Å²) >= 11 is 0. The summed E-state index contributed by atoms with van der Waals surface area (Å²) in [6, 6.07) is 7.06. The number of halogens is 1. The molecule has 7 heteroatoms. The third kappa shape index (κ3) is 5.61. The third-order valence-corrected chi connectivity index (χ3v) is 3.17. The van der Waals surface area contributed by atoms with Crippen LogP contribution < -0.4 is 21.1 Å². The average molecular weight is 314 g/mol. The molecule has 6 nitrogen and oxygen atoms in total. The highest BCUT2D eigenvalue weighted by molar-refractivity contribution is 5.92. The number of ether oxygens (including phenoxy) is 1. The van der Waals surface area contributed by atoms with Gasteiger partial charge in [0.25, 0.3) is 0 Å². The Morgan fingerprint density at radius 1 is 1.33 bits per heavy atom. The molecule has 1 heterocycles. The fourth-order valence-electron chi connectivity index (χ4n) is 2.03. The molecule has 0 aliphatic carbocycles. The van der Waals surface area contributed by atoms with Crippen LogP contribution in [-0.2, 0) is 9.59 Å². The quantitative estimate of drug-likeness (QED) is 0.727. The summed E-state index contributed by atoms with van der Waals surface area (Å²) in [5.41, 5.74) is 5.76. The van der Waals surface area contributed by atoms with E-state index in [1.165, 1.54) is 0 Å². The molecule has 0 bridgehead atoms. The first-order valence-electron chi connectivity index (χ1n) is 6.68. The van der Waals surface area contributed by atoms with Crippen LogP contribution in [0.2, 0.25) is 0 Å². The highest BCUT2D eigenvalue weighted by Crippen LogP contribution is 2.17.